The van der Waals surface area contributed by atoms with Crippen LogP contribution in [0.4, 0.5) is 5.69 Å². The Hall–Kier alpha value is -2.53. The molecule has 0 unspecified atom stereocenters. The lowest BCUT2D eigenvalue weighted by atomic mass is 10.1. The van der Waals surface area contributed by atoms with Gasteiger partial charge in [0.15, 0.2) is 0 Å². The van der Waals surface area contributed by atoms with E-state index in [-0.39, 0.29) is 5.91 Å². The third-order valence-electron chi connectivity index (χ3n) is 4.87. The molecule has 1 fully saturated rings. The van der Waals surface area contributed by atoms with E-state index < -0.39 is 0 Å². The third kappa shape index (κ3) is 5.47. The van der Waals surface area contributed by atoms with Crippen molar-refractivity contribution in [2.45, 2.75) is 25.8 Å². The number of piperidine rings is 1. The highest BCUT2D eigenvalue weighted by molar-refractivity contribution is 5.94. The maximum atomic E-state index is 12.6. The fourth-order valence-corrected chi connectivity index (χ4v) is 3.40. The van der Waals surface area contributed by atoms with Crippen molar-refractivity contribution < 1.29 is 9.53 Å². The molecule has 3 rings (SSSR count). The van der Waals surface area contributed by atoms with Gasteiger partial charge in [-0.2, -0.15) is 0 Å². The van der Waals surface area contributed by atoms with Gasteiger partial charge in [0.2, 0.25) is 0 Å². The Kier molecular flexibility index (Phi) is 7.11. The van der Waals surface area contributed by atoms with Crippen LogP contribution in [-0.4, -0.2) is 44.1 Å². The molecule has 2 N–H and O–H groups in total. The van der Waals surface area contributed by atoms with E-state index in [4.69, 9.17) is 4.74 Å². The van der Waals surface area contributed by atoms with Gasteiger partial charge >= 0.3 is 0 Å². The summed E-state index contributed by atoms with van der Waals surface area (Å²) in [6.07, 6.45) is 3.47. The first-order chi connectivity index (χ1) is 13.3. The van der Waals surface area contributed by atoms with Crippen LogP contribution < -0.4 is 15.4 Å². The molecule has 0 bridgehead atoms. The van der Waals surface area contributed by atoms with Gasteiger partial charge in [-0.05, 0) is 49.1 Å². The average molecular weight is 367 g/mol. The number of carbonyl (C=O) groups excluding carboxylic acids is 1. The molecular weight excluding hydrogens is 338 g/mol. The lowest BCUT2D eigenvalue weighted by Gasteiger charge is -2.26. The van der Waals surface area contributed by atoms with Crippen LogP contribution >= 0.6 is 0 Å². The summed E-state index contributed by atoms with van der Waals surface area (Å²) in [5, 5.41) is 6.80. The first-order valence-corrected chi connectivity index (χ1v) is 9.74. The number of ether oxygens (including phenoxy) is 1. The van der Waals surface area contributed by atoms with Gasteiger partial charge in [0.05, 0.1) is 12.8 Å². The number of likely N-dealkylation sites (tertiary alicyclic amines) is 1. The summed E-state index contributed by atoms with van der Waals surface area (Å²) < 4.78 is 5.34. The molecule has 1 aliphatic rings. The highest BCUT2D eigenvalue weighted by atomic mass is 16.5. The molecule has 27 heavy (non-hydrogen) atoms. The summed E-state index contributed by atoms with van der Waals surface area (Å²) in [5.74, 6) is 1.01. The van der Waals surface area contributed by atoms with Crippen LogP contribution in [0.25, 0.3) is 0 Å². The molecule has 1 saturated heterocycles. The van der Waals surface area contributed by atoms with Gasteiger partial charge in [0.25, 0.3) is 5.91 Å². The van der Waals surface area contributed by atoms with Crippen molar-refractivity contribution in [2.24, 2.45) is 0 Å². The van der Waals surface area contributed by atoms with Gasteiger partial charge in [-0.3, -0.25) is 4.79 Å². The molecule has 144 valence electrons. The molecule has 0 radical (unpaired) electrons. The van der Waals surface area contributed by atoms with Crippen molar-refractivity contribution in [3.8, 4) is 5.75 Å². The first-order valence-electron chi connectivity index (χ1n) is 9.74. The summed E-state index contributed by atoms with van der Waals surface area (Å²) >= 11 is 0. The van der Waals surface area contributed by atoms with Crippen molar-refractivity contribution in [3.05, 3.63) is 59.7 Å². The smallest absolute Gasteiger partial charge is 0.253 e. The van der Waals surface area contributed by atoms with Crippen LogP contribution in [0, 0.1) is 0 Å². The zero-order chi connectivity index (χ0) is 18.9. The Balaban J connectivity index is 1.45. The molecule has 0 saturated carbocycles. The number of anilines is 1. The number of para-hydroxylation sites is 2. The molecule has 1 aliphatic heterocycles. The molecule has 0 aromatic heterocycles. The number of amides is 1. The lowest BCUT2D eigenvalue weighted by molar-refractivity contribution is 0.0724. The monoisotopic (exact) mass is 367 g/mol. The minimum absolute atomic E-state index is 0.161. The maximum absolute atomic E-state index is 12.6. The first kappa shape index (κ1) is 19.2. The van der Waals surface area contributed by atoms with E-state index in [2.05, 4.69) is 16.7 Å². The molecule has 0 atom stereocenters. The molecule has 1 heterocycles. The number of nitrogens with one attached hydrogen (secondary N) is 2. The van der Waals surface area contributed by atoms with E-state index in [0.29, 0.717) is 0 Å². The standard InChI is InChI=1S/C22H29N3O2/c1-27-21-11-4-3-10-20(21)24-13-12-23-17-18-8-7-9-19(16-18)22(26)25-14-5-2-6-15-25/h3-4,7-11,16,23-24H,2,5-6,12-15,17H2,1H3. The van der Waals surface area contributed by atoms with E-state index in [1.165, 1.54) is 6.42 Å². The summed E-state index contributed by atoms with van der Waals surface area (Å²) in [6, 6.07) is 15.9. The fraction of sp³-hybridized carbons (Fsp3) is 0.409. The van der Waals surface area contributed by atoms with E-state index in [0.717, 1.165) is 68.1 Å². The molecule has 1 amide bonds. The van der Waals surface area contributed by atoms with Crippen LogP contribution in [0.15, 0.2) is 48.5 Å². The molecule has 5 nitrogen and oxygen atoms in total. The molecule has 2 aromatic rings. The number of rotatable bonds is 8. The average Bonchev–Trinajstić information content (AvgIpc) is 2.74. The Labute approximate surface area is 161 Å². The normalized spacial score (nSPS) is 14.0. The topological polar surface area (TPSA) is 53.6 Å². The Morgan fingerprint density at radius 1 is 1.04 bits per heavy atom. The Morgan fingerprint density at radius 2 is 1.85 bits per heavy atom. The zero-order valence-corrected chi connectivity index (χ0v) is 16.0. The predicted octanol–water partition coefficient (Wildman–Crippen LogP) is 3.52. The fourth-order valence-electron chi connectivity index (χ4n) is 3.40. The van der Waals surface area contributed by atoms with Crippen molar-refractivity contribution in [3.63, 3.8) is 0 Å². The third-order valence-corrected chi connectivity index (χ3v) is 4.87. The predicted molar refractivity (Wildman–Crippen MR) is 109 cm³/mol. The van der Waals surface area contributed by atoms with Gasteiger partial charge in [-0.1, -0.05) is 24.3 Å². The molecule has 2 aromatic carbocycles. The zero-order valence-electron chi connectivity index (χ0n) is 16.0. The number of carbonyl (C=O) groups is 1. The van der Waals surface area contributed by atoms with E-state index in [9.17, 15) is 4.79 Å². The second-order valence-corrected chi connectivity index (χ2v) is 6.86. The highest BCUT2D eigenvalue weighted by Crippen LogP contribution is 2.22. The van der Waals surface area contributed by atoms with Gasteiger partial charge in [-0.15, -0.1) is 0 Å². The van der Waals surface area contributed by atoms with Crippen molar-refractivity contribution >= 4 is 11.6 Å². The van der Waals surface area contributed by atoms with Gasteiger partial charge in [0, 0.05) is 38.3 Å². The SMILES string of the molecule is COc1ccccc1NCCNCc1cccc(C(=O)N2CCCCC2)c1. The minimum atomic E-state index is 0.161. The second-order valence-electron chi connectivity index (χ2n) is 6.86. The van der Waals surface area contributed by atoms with E-state index in [1.54, 1.807) is 7.11 Å². The van der Waals surface area contributed by atoms with Gasteiger partial charge in [-0.25, -0.2) is 0 Å². The Bertz CT molecular complexity index is 742. The van der Waals surface area contributed by atoms with Crippen LogP contribution in [0.3, 0.4) is 0 Å². The van der Waals surface area contributed by atoms with Crippen LogP contribution in [-0.2, 0) is 6.54 Å². The van der Waals surface area contributed by atoms with E-state index >= 15 is 0 Å². The van der Waals surface area contributed by atoms with E-state index in [1.807, 2.05) is 47.4 Å². The van der Waals surface area contributed by atoms with Crippen LogP contribution in [0.5, 0.6) is 5.75 Å². The van der Waals surface area contributed by atoms with Crippen molar-refractivity contribution in [2.75, 3.05) is 38.6 Å². The maximum Gasteiger partial charge on any atom is 0.253 e. The number of nitrogens with zero attached hydrogens (tertiary/aromatic N) is 1. The summed E-state index contributed by atoms with van der Waals surface area (Å²) in [5.41, 5.74) is 2.93. The summed E-state index contributed by atoms with van der Waals surface area (Å²) in [7, 11) is 1.68. The molecule has 0 aliphatic carbocycles. The van der Waals surface area contributed by atoms with Crippen molar-refractivity contribution in [1.82, 2.24) is 10.2 Å². The van der Waals surface area contributed by atoms with Gasteiger partial charge < -0.3 is 20.3 Å². The van der Waals surface area contributed by atoms with Crippen LogP contribution in [0.2, 0.25) is 0 Å². The number of benzene rings is 2. The van der Waals surface area contributed by atoms with Crippen LogP contribution in [0.1, 0.15) is 35.2 Å². The largest absolute Gasteiger partial charge is 0.495 e. The van der Waals surface area contributed by atoms with Gasteiger partial charge in [0.1, 0.15) is 5.75 Å². The number of methoxy groups -OCH3 is 1. The number of hydrogen-bond acceptors (Lipinski definition) is 4. The number of hydrogen-bond donors (Lipinski definition) is 2. The van der Waals surface area contributed by atoms with Crippen molar-refractivity contribution in [1.29, 1.82) is 0 Å². The quantitative estimate of drug-likeness (QED) is 0.701. The molecular formula is C22H29N3O2. The highest BCUT2D eigenvalue weighted by Gasteiger charge is 2.18. The molecule has 0 spiro atoms. The molecule has 5 heteroatoms. The lowest BCUT2D eigenvalue weighted by Crippen LogP contribution is -2.35. The minimum Gasteiger partial charge on any atom is -0.495 e. The Morgan fingerprint density at radius 3 is 2.67 bits per heavy atom. The summed E-state index contributed by atoms with van der Waals surface area (Å²) in [4.78, 5) is 14.6. The second kappa shape index (κ2) is 9.97. The summed E-state index contributed by atoms with van der Waals surface area (Å²) in [6.45, 7) is 4.13.